The summed E-state index contributed by atoms with van der Waals surface area (Å²) in [7, 11) is 0. The zero-order chi connectivity index (χ0) is 14.5. The van der Waals surface area contributed by atoms with E-state index >= 15 is 0 Å². The topological polar surface area (TPSA) is 63.2 Å². The molecule has 0 spiro atoms. The zero-order valence-corrected chi connectivity index (χ0v) is 11.4. The van der Waals surface area contributed by atoms with Crippen molar-refractivity contribution in [3.05, 3.63) is 53.5 Å². The van der Waals surface area contributed by atoms with Crippen molar-refractivity contribution < 1.29 is 13.9 Å². The molecule has 1 atom stereocenters. The fourth-order valence-electron chi connectivity index (χ4n) is 1.95. The third kappa shape index (κ3) is 2.89. The molecule has 2 aromatic rings. The minimum absolute atomic E-state index is 0.256. The monoisotopic (exact) mass is 269 g/mol. The number of furan rings is 1. The van der Waals surface area contributed by atoms with Gasteiger partial charge in [0.15, 0.2) is 5.78 Å². The molecule has 1 aromatic carbocycles. The second-order valence-corrected chi connectivity index (χ2v) is 4.37. The van der Waals surface area contributed by atoms with Gasteiger partial charge in [-0.1, -0.05) is 12.1 Å². The number of nitriles is 1. The normalized spacial score (nSPS) is 11.7. The number of ether oxygens (including phenoxy) is 1. The second kappa shape index (κ2) is 6.07. The Hall–Kier alpha value is -2.54. The van der Waals surface area contributed by atoms with Crippen LogP contribution in [0.1, 0.15) is 34.5 Å². The molecule has 0 aliphatic carbocycles. The van der Waals surface area contributed by atoms with Crippen molar-refractivity contribution in [3.63, 3.8) is 0 Å². The van der Waals surface area contributed by atoms with Gasteiger partial charge in [0.25, 0.3) is 0 Å². The highest BCUT2D eigenvalue weighted by Gasteiger charge is 2.23. The van der Waals surface area contributed by atoms with E-state index in [0.717, 1.165) is 5.75 Å². The predicted octanol–water partition coefficient (Wildman–Crippen LogP) is 3.48. The van der Waals surface area contributed by atoms with Gasteiger partial charge in [-0.25, -0.2) is 0 Å². The van der Waals surface area contributed by atoms with Crippen LogP contribution in [0.3, 0.4) is 0 Å². The van der Waals surface area contributed by atoms with Gasteiger partial charge in [-0.3, -0.25) is 4.79 Å². The molecule has 0 fully saturated rings. The maximum absolute atomic E-state index is 12.3. The van der Waals surface area contributed by atoms with Crippen molar-refractivity contribution in [2.24, 2.45) is 0 Å². The Morgan fingerprint density at radius 3 is 2.60 bits per heavy atom. The van der Waals surface area contributed by atoms with Crippen molar-refractivity contribution in [1.29, 1.82) is 5.26 Å². The minimum atomic E-state index is -0.831. The van der Waals surface area contributed by atoms with Gasteiger partial charge < -0.3 is 9.15 Å². The van der Waals surface area contributed by atoms with Crippen molar-refractivity contribution in [2.45, 2.75) is 19.8 Å². The molecule has 0 amide bonds. The van der Waals surface area contributed by atoms with Crippen molar-refractivity contribution in [1.82, 2.24) is 0 Å². The Labute approximate surface area is 117 Å². The highest BCUT2D eigenvalue weighted by atomic mass is 16.5. The first-order valence-electron chi connectivity index (χ1n) is 6.37. The van der Waals surface area contributed by atoms with E-state index < -0.39 is 5.92 Å². The molecule has 2 rings (SSSR count). The summed E-state index contributed by atoms with van der Waals surface area (Å²) in [6, 6.07) is 10.7. The minimum Gasteiger partial charge on any atom is -0.494 e. The number of rotatable bonds is 5. The van der Waals surface area contributed by atoms with Crippen LogP contribution < -0.4 is 4.74 Å². The number of Topliss-reactive ketones (excluding diaryl/α,β-unsaturated/α-hetero) is 1. The van der Waals surface area contributed by atoms with Crippen molar-refractivity contribution in [3.8, 4) is 11.8 Å². The van der Waals surface area contributed by atoms with Crippen LogP contribution in [-0.2, 0) is 0 Å². The van der Waals surface area contributed by atoms with E-state index in [1.807, 2.05) is 13.0 Å². The molecule has 102 valence electrons. The fourth-order valence-corrected chi connectivity index (χ4v) is 1.95. The first kappa shape index (κ1) is 13.9. The SMILES string of the molecule is CCOc1ccc(C(C#N)C(=O)c2coc(C)c2)cc1. The lowest BCUT2D eigenvalue weighted by atomic mass is 9.93. The fraction of sp³-hybridized carbons (Fsp3) is 0.250. The molecule has 0 aliphatic heterocycles. The lowest BCUT2D eigenvalue weighted by Gasteiger charge is -2.08. The summed E-state index contributed by atoms with van der Waals surface area (Å²) in [5.41, 5.74) is 1.07. The van der Waals surface area contributed by atoms with Gasteiger partial charge in [0, 0.05) is 0 Å². The number of hydrogen-bond donors (Lipinski definition) is 0. The summed E-state index contributed by atoms with van der Waals surface area (Å²) in [5, 5.41) is 9.26. The quantitative estimate of drug-likeness (QED) is 0.779. The molecular formula is C16H15NO3. The molecular weight excluding hydrogens is 254 g/mol. The third-order valence-corrected chi connectivity index (χ3v) is 2.93. The summed E-state index contributed by atoms with van der Waals surface area (Å²) < 4.78 is 10.5. The van der Waals surface area contributed by atoms with Crippen LogP contribution in [0.15, 0.2) is 41.0 Å². The lowest BCUT2D eigenvalue weighted by Crippen LogP contribution is -2.10. The molecule has 0 aliphatic rings. The smallest absolute Gasteiger partial charge is 0.187 e. The molecule has 1 aromatic heterocycles. The summed E-state index contributed by atoms with van der Waals surface area (Å²) in [6.45, 7) is 4.24. The van der Waals surface area contributed by atoms with Gasteiger partial charge in [-0.15, -0.1) is 0 Å². The Morgan fingerprint density at radius 1 is 1.40 bits per heavy atom. The molecule has 0 N–H and O–H groups in total. The van der Waals surface area contributed by atoms with Gasteiger partial charge in [0.1, 0.15) is 23.7 Å². The van der Waals surface area contributed by atoms with Gasteiger partial charge >= 0.3 is 0 Å². The van der Waals surface area contributed by atoms with Crippen LogP contribution in [0.4, 0.5) is 0 Å². The molecule has 20 heavy (non-hydrogen) atoms. The van der Waals surface area contributed by atoms with Crippen LogP contribution in [0.2, 0.25) is 0 Å². The van der Waals surface area contributed by atoms with Crippen LogP contribution in [0, 0.1) is 18.3 Å². The zero-order valence-electron chi connectivity index (χ0n) is 11.4. The van der Waals surface area contributed by atoms with E-state index in [2.05, 4.69) is 0 Å². The molecule has 1 unspecified atom stereocenters. The first-order chi connectivity index (χ1) is 9.65. The van der Waals surface area contributed by atoms with E-state index in [1.54, 1.807) is 37.3 Å². The Kier molecular flexibility index (Phi) is 4.21. The molecule has 1 heterocycles. The van der Waals surface area contributed by atoms with Crippen LogP contribution in [-0.4, -0.2) is 12.4 Å². The second-order valence-electron chi connectivity index (χ2n) is 4.37. The number of hydrogen-bond acceptors (Lipinski definition) is 4. The molecule has 0 saturated carbocycles. The maximum atomic E-state index is 12.3. The number of carbonyl (C=O) groups is 1. The Morgan fingerprint density at radius 2 is 2.10 bits per heavy atom. The predicted molar refractivity (Wildman–Crippen MR) is 73.7 cm³/mol. The first-order valence-corrected chi connectivity index (χ1v) is 6.37. The van der Waals surface area contributed by atoms with Crippen LogP contribution >= 0.6 is 0 Å². The Balaban J connectivity index is 2.24. The average molecular weight is 269 g/mol. The summed E-state index contributed by atoms with van der Waals surface area (Å²) in [6.07, 6.45) is 1.39. The number of carbonyl (C=O) groups excluding carboxylic acids is 1. The van der Waals surface area contributed by atoms with Crippen LogP contribution in [0.5, 0.6) is 5.75 Å². The van der Waals surface area contributed by atoms with Crippen molar-refractivity contribution >= 4 is 5.78 Å². The number of benzene rings is 1. The lowest BCUT2D eigenvalue weighted by molar-refractivity contribution is 0.0978. The largest absolute Gasteiger partial charge is 0.494 e. The van der Waals surface area contributed by atoms with E-state index in [1.165, 1.54) is 6.26 Å². The van der Waals surface area contributed by atoms with Crippen LogP contribution in [0.25, 0.3) is 0 Å². The maximum Gasteiger partial charge on any atom is 0.187 e. The van der Waals surface area contributed by atoms with E-state index in [0.29, 0.717) is 23.5 Å². The summed E-state index contributed by atoms with van der Waals surface area (Å²) in [4.78, 5) is 12.3. The molecule has 0 radical (unpaired) electrons. The van der Waals surface area contributed by atoms with E-state index in [9.17, 15) is 10.1 Å². The number of nitrogens with zero attached hydrogens (tertiary/aromatic N) is 1. The highest BCUT2D eigenvalue weighted by molar-refractivity contribution is 6.02. The summed E-state index contributed by atoms with van der Waals surface area (Å²) in [5.74, 6) is 0.285. The van der Waals surface area contributed by atoms with Crippen molar-refractivity contribution in [2.75, 3.05) is 6.61 Å². The molecule has 4 heteroatoms. The van der Waals surface area contributed by atoms with Gasteiger partial charge in [0.2, 0.25) is 0 Å². The highest BCUT2D eigenvalue weighted by Crippen LogP contribution is 2.23. The van der Waals surface area contributed by atoms with E-state index in [-0.39, 0.29) is 5.78 Å². The average Bonchev–Trinajstić information content (AvgIpc) is 2.88. The third-order valence-electron chi connectivity index (χ3n) is 2.93. The standard InChI is InChI=1S/C16H15NO3/c1-3-19-14-6-4-12(5-7-14)15(9-17)16(18)13-8-11(2)20-10-13/h4-8,10,15H,3H2,1-2H3. The molecule has 4 nitrogen and oxygen atoms in total. The van der Waals surface area contributed by atoms with Gasteiger partial charge in [-0.2, -0.15) is 5.26 Å². The number of ketones is 1. The number of aryl methyl sites for hydroxylation is 1. The van der Waals surface area contributed by atoms with E-state index in [4.69, 9.17) is 9.15 Å². The van der Waals surface area contributed by atoms with Gasteiger partial charge in [0.05, 0.1) is 18.2 Å². The Bertz CT molecular complexity index is 634. The van der Waals surface area contributed by atoms with Gasteiger partial charge in [-0.05, 0) is 37.6 Å². The summed E-state index contributed by atoms with van der Waals surface area (Å²) >= 11 is 0. The molecule has 0 bridgehead atoms. The molecule has 0 saturated heterocycles.